The second-order valence-electron chi connectivity index (χ2n) is 6.07. The first-order valence-electron chi connectivity index (χ1n) is 8.29. The normalized spacial score (nSPS) is 15.9. The first-order valence-corrected chi connectivity index (χ1v) is 8.29. The fourth-order valence-electron chi connectivity index (χ4n) is 2.98. The second-order valence-corrected chi connectivity index (χ2v) is 6.07. The monoisotopic (exact) mass is 302 g/mol. The molecule has 120 valence electrons. The molecule has 0 aromatic heterocycles. The third-order valence-electron chi connectivity index (χ3n) is 4.51. The number of carbonyl (C=O) groups excluding carboxylic acids is 2. The molecule has 0 radical (unpaired) electrons. The number of rotatable bonds is 3. The highest BCUT2D eigenvalue weighted by molar-refractivity contribution is 6.39. The van der Waals surface area contributed by atoms with Crippen LogP contribution in [-0.4, -0.2) is 29.8 Å². The Labute approximate surface area is 132 Å². The van der Waals surface area contributed by atoms with Crippen molar-refractivity contribution in [2.45, 2.75) is 57.9 Å². The molecule has 1 fully saturated rings. The van der Waals surface area contributed by atoms with Gasteiger partial charge in [0.2, 0.25) is 0 Å². The summed E-state index contributed by atoms with van der Waals surface area (Å²) >= 11 is 0. The smallest absolute Gasteiger partial charge is 0.313 e. The number of benzene rings is 1. The molecule has 22 heavy (non-hydrogen) atoms. The topological polar surface area (TPSA) is 49.4 Å². The van der Waals surface area contributed by atoms with Gasteiger partial charge in [0.1, 0.15) is 0 Å². The molecule has 4 nitrogen and oxygen atoms in total. The van der Waals surface area contributed by atoms with E-state index in [0.29, 0.717) is 5.69 Å². The summed E-state index contributed by atoms with van der Waals surface area (Å²) in [4.78, 5) is 26.1. The van der Waals surface area contributed by atoms with Crippen molar-refractivity contribution in [3.63, 3.8) is 0 Å². The van der Waals surface area contributed by atoms with Crippen molar-refractivity contribution in [1.29, 1.82) is 0 Å². The average Bonchev–Trinajstić information content (AvgIpc) is 2.83. The predicted molar refractivity (Wildman–Crippen MR) is 88.7 cm³/mol. The summed E-state index contributed by atoms with van der Waals surface area (Å²) in [5, 5.41) is 2.70. The minimum absolute atomic E-state index is 0.197. The number of aryl methyl sites for hydroxylation is 1. The van der Waals surface area contributed by atoms with Crippen LogP contribution < -0.4 is 5.32 Å². The van der Waals surface area contributed by atoms with E-state index in [9.17, 15) is 9.59 Å². The Bertz CT molecular complexity index is 502. The van der Waals surface area contributed by atoms with Gasteiger partial charge >= 0.3 is 11.8 Å². The first kappa shape index (κ1) is 16.5. The molecule has 1 aromatic carbocycles. The van der Waals surface area contributed by atoms with Gasteiger partial charge in [0, 0.05) is 18.8 Å². The number of nitrogens with one attached hydrogen (secondary N) is 1. The van der Waals surface area contributed by atoms with E-state index in [-0.39, 0.29) is 6.04 Å². The Kier molecular flexibility index (Phi) is 5.99. The van der Waals surface area contributed by atoms with Gasteiger partial charge in [-0.05, 0) is 37.0 Å². The molecule has 1 saturated carbocycles. The molecule has 4 heteroatoms. The molecule has 1 N–H and O–H groups in total. The van der Waals surface area contributed by atoms with E-state index in [2.05, 4.69) is 12.2 Å². The minimum atomic E-state index is -0.545. The highest BCUT2D eigenvalue weighted by atomic mass is 16.2. The zero-order valence-electron chi connectivity index (χ0n) is 13.6. The minimum Gasteiger partial charge on any atom is -0.335 e. The molecule has 0 heterocycles. The molecule has 0 saturated heterocycles. The Morgan fingerprint density at radius 3 is 2.23 bits per heavy atom. The lowest BCUT2D eigenvalue weighted by molar-refractivity contribution is -0.143. The third kappa shape index (κ3) is 4.33. The van der Waals surface area contributed by atoms with Crippen molar-refractivity contribution in [3.8, 4) is 0 Å². The van der Waals surface area contributed by atoms with Crippen LogP contribution in [0.3, 0.4) is 0 Å². The van der Waals surface area contributed by atoms with E-state index in [1.54, 1.807) is 11.9 Å². The SMILES string of the molecule is CCc1ccc(NC(=O)C(=O)N(C)C2CCCCCC2)cc1. The molecule has 0 spiro atoms. The van der Waals surface area contributed by atoms with Crippen LogP contribution in [0.1, 0.15) is 51.0 Å². The van der Waals surface area contributed by atoms with Crippen LogP contribution in [0.4, 0.5) is 5.69 Å². The molecule has 1 aliphatic rings. The lowest BCUT2D eigenvalue weighted by Gasteiger charge is -2.26. The number of anilines is 1. The number of carbonyl (C=O) groups is 2. The standard InChI is InChI=1S/C18H26N2O2/c1-3-14-10-12-15(13-11-14)19-17(21)18(22)20(2)16-8-6-4-5-7-9-16/h10-13,16H,3-9H2,1-2H3,(H,19,21). The van der Waals surface area contributed by atoms with Crippen LogP contribution in [0.5, 0.6) is 0 Å². The van der Waals surface area contributed by atoms with E-state index >= 15 is 0 Å². The van der Waals surface area contributed by atoms with Gasteiger partial charge in [-0.3, -0.25) is 9.59 Å². The maximum atomic E-state index is 12.3. The Morgan fingerprint density at radius 1 is 1.09 bits per heavy atom. The number of amides is 2. The van der Waals surface area contributed by atoms with E-state index < -0.39 is 11.8 Å². The van der Waals surface area contributed by atoms with Crippen LogP contribution in [0.15, 0.2) is 24.3 Å². The molecule has 0 atom stereocenters. The summed E-state index contributed by atoms with van der Waals surface area (Å²) < 4.78 is 0. The summed E-state index contributed by atoms with van der Waals surface area (Å²) in [6.45, 7) is 2.08. The van der Waals surface area contributed by atoms with Gasteiger partial charge in [0.25, 0.3) is 0 Å². The number of likely N-dealkylation sites (N-methyl/N-ethyl adjacent to an activating group) is 1. The van der Waals surface area contributed by atoms with E-state index in [1.165, 1.54) is 18.4 Å². The summed E-state index contributed by atoms with van der Waals surface area (Å²) in [5.74, 6) is -0.984. The van der Waals surface area contributed by atoms with E-state index in [0.717, 1.165) is 32.1 Å². The third-order valence-corrected chi connectivity index (χ3v) is 4.51. The van der Waals surface area contributed by atoms with Gasteiger partial charge in [-0.25, -0.2) is 0 Å². The lowest BCUT2D eigenvalue weighted by Crippen LogP contribution is -2.43. The fourth-order valence-corrected chi connectivity index (χ4v) is 2.98. The second kappa shape index (κ2) is 7.97. The van der Waals surface area contributed by atoms with Gasteiger partial charge in [-0.2, -0.15) is 0 Å². The quantitative estimate of drug-likeness (QED) is 0.687. The van der Waals surface area contributed by atoms with Crippen LogP contribution >= 0.6 is 0 Å². The van der Waals surface area contributed by atoms with Crippen LogP contribution in [0, 0.1) is 0 Å². The largest absolute Gasteiger partial charge is 0.335 e. The molecular weight excluding hydrogens is 276 g/mol. The molecule has 2 rings (SSSR count). The number of nitrogens with zero attached hydrogens (tertiary/aromatic N) is 1. The van der Waals surface area contributed by atoms with Crippen LogP contribution in [0.25, 0.3) is 0 Å². The van der Waals surface area contributed by atoms with Crippen molar-refractivity contribution in [3.05, 3.63) is 29.8 Å². The Balaban J connectivity index is 1.93. The summed E-state index contributed by atoms with van der Waals surface area (Å²) in [6.07, 6.45) is 7.70. The predicted octanol–water partition coefficient (Wildman–Crippen LogP) is 3.37. The maximum absolute atomic E-state index is 12.3. The number of hydrogen-bond acceptors (Lipinski definition) is 2. The highest BCUT2D eigenvalue weighted by Crippen LogP contribution is 2.21. The van der Waals surface area contributed by atoms with Crippen molar-refractivity contribution in [2.24, 2.45) is 0 Å². The van der Waals surface area contributed by atoms with Crippen molar-refractivity contribution < 1.29 is 9.59 Å². The number of hydrogen-bond donors (Lipinski definition) is 1. The van der Waals surface area contributed by atoms with Crippen molar-refractivity contribution in [1.82, 2.24) is 4.90 Å². The lowest BCUT2D eigenvalue weighted by atomic mass is 10.1. The van der Waals surface area contributed by atoms with Crippen molar-refractivity contribution >= 4 is 17.5 Å². The van der Waals surface area contributed by atoms with Gasteiger partial charge < -0.3 is 10.2 Å². The molecule has 0 aliphatic heterocycles. The zero-order valence-corrected chi connectivity index (χ0v) is 13.6. The van der Waals surface area contributed by atoms with Crippen LogP contribution in [0.2, 0.25) is 0 Å². The first-order chi connectivity index (χ1) is 10.6. The molecule has 1 aromatic rings. The van der Waals surface area contributed by atoms with E-state index in [4.69, 9.17) is 0 Å². The summed E-state index contributed by atoms with van der Waals surface area (Å²) in [5.41, 5.74) is 1.88. The summed E-state index contributed by atoms with van der Waals surface area (Å²) in [7, 11) is 1.75. The molecule has 0 unspecified atom stereocenters. The molecule has 2 amide bonds. The highest BCUT2D eigenvalue weighted by Gasteiger charge is 2.25. The summed E-state index contributed by atoms with van der Waals surface area (Å²) in [6, 6.07) is 7.82. The Hall–Kier alpha value is -1.84. The molecular formula is C18H26N2O2. The molecule has 1 aliphatic carbocycles. The van der Waals surface area contributed by atoms with Crippen LogP contribution in [-0.2, 0) is 16.0 Å². The van der Waals surface area contributed by atoms with Crippen molar-refractivity contribution in [2.75, 3.05) is 12.4 Å². The van der Waals surface area contributed by atoms with Gasteiger partial charge in [0.05, 0.1) is 0 Å². The fraction of sp³-hybridized carbons (Fsp3) is 0.556. The van der Waals surface area contributed by atoms with Gasteiger partial charge in [0.15, 0.2) is 0 Å². The van der Waals surface area contributed by atoms with Gasteiger partial charge in [-0.1, -0.05) is 44.7 Å². The Morgan fingerprint density at radius 2 is 1.68 bits per heavy atom. The molecule has 0 bridgehead atoms. The van der Waals surface area contributed by atoms with E-state index in [1.807, 2.05) is 24.3 Å². The maximum Gasteiger partial charge on any atom is 0.313 e. The van der Waals surface area contributed by atoms with Gasteiger partial charge in [-0.15, -0.1) is 0 Å². The zero-order chi connectivity index (χ0) is 15.9. The average molecular weight is 302 g/mol.